The molecule has 1 heterocycles. The van der Waals surface area contributed by atoms with Crippen LogP contribution in [0.25, 0.3) is 0 Å². The Kier molecular flexibility index (Phi) is 5.23. The van der Waals surface area contributed by atoms with Crippen LogP contribution in [0.1, 0.15) is 30.0 Å². The SMILES string of the molecule is COc1cc(OC)cc(C2N(Cc3ccccc3)CCCC2(F)F)c1. The summed E-state index contributed by atoms with van der Waals surface area (Å²) < 4.78 is 40.2. The van der Waals surface area contributed by atoms with Crippen LogP contribution in [0.3, 0.4) is 0 Å². The maximum Gasteiger partial charge on any atom is 0.267 e. The summed E-state index contributed by atoms with van der Waals surface area (Å²) in [6.45, 7) is 1.12. The molecule has 0 bridgehead atoms. The maximum atomic E-state index is 14.9. The van der Waals surface area contributed by atoms with E-state index in [0.717, 1.165) is 5.56 Å². The first-order valence-corrected chi connectivity index (χ1v) is 8.42. The molecule has 0 saturated carbocycles. The third kappa shape index (κ3) is 3.93. The van der Waals surface area contributed by atoms with Crippen LogP contribution in [0.4, 0.5) is 8.78 Å². The second-order valence-corrected chi connectivity index (χ2v) is 6.37. The number of likely N-dealkylation sites (tertiary alicyclic amines) is 1. The van der Waals surface area contributed by atoms with E-state index in [-0.39, 0.29) is 6.42 Å². The van der Waals surface area contributed by atoms with E-state index >= 15 is 0 Å². The second kappa shape index (κ2) is 7.40. The summed E-state index contributed by atoms with van der Waals surface area (Å²) in [7, 11) is 3.05. The van der Waals surface area contributed by atoms with Crippen LogP contribution in [-0.4, -0.2) is 31.6 Å². The number of benzene rings is 2. The molecule has 1 atom stereocenters. The number of methoxy groups -OCH3 is 2. The Labute approximate surface area is 147 Å². The fraction of sp³-hybridized carbons (Fsp3) is 0.400. The summed E-state index contributed by atoms with van der Waals surface area (Å²) in [4.78, 5) is 1.85. The first-order chi connectivity index (χ1) is 12.0. The number of hydrogen-bond donors (Lipinski definition) is 0. The van der Waals surface area contributed by atoms with Crippen LogP contribution in [0.15, 0.2) is 48.5 Å². The summed E-state index contributed by atoms with van der Waals surface area (Å²) in [6, 6.07) is 13.8. The molecule has 3 nitrogen and oxygen atoms in total. The molecule has 1 saturated heterocycles. The number of rotatable bonds is 5. The van der Waals surface area contributed by atoms with Gasteiger partial charge in [-0.3, -0.25) is 4.90 Å². The van der Waals surface area contributed by atoms with Crippen LogP contribution in [0, 0.1) is 0 Å². The molecule has 0 aliphatic carbocycles. The highest BCUT2D eigenvalue weighted by molar-refractivity contribution is 5.41. The number of alkyl halides is 2. The van der Waals surface area contributed by atoms with Gasteiger partial charge in [0.1, 0.15) is 11.5 Å². The lowest BCUT2D eigenvalue weighted by atomic mass is 9.90. The van der Waals surface area contributed by atoms with Gasteiger partial charge in [0.15, 0.2) is 0 Å². The lowest BCUT2D eigenvalue weighted by Gasteiger charge is -2.41. The molecule has 2 aromatic carbocycles. The summed E-state index contributed by atoms with van der Waals surface area (Å²) in [6.07, 6.45) is 0.375. The van der Waals surface area contributed by atoms with Gasteiger partial charge in [-0.05, 0) is 36.2 Å². The van der Waals surface area contributed by atoms with Gasteiger partial charge in [0.05, 0.1) is 20.3 Å². The van der Waals surface area contributed by atoms with Gasteiger partial charge in [0.2, 0.25) is 0 Å². The molecule has 1 aliphatic heterocycles. The van der Waals surface area contributed by atoms with Crippen molar-refractivity contribution in [2.75, 3.05) is 20.8 Å². The van der Waals surface area contributed by atoms with Crippen molar-refractivity contribution in [3.8, 4) is 11.5 Å². The quantitative estimate of drug-likeness (QED) is 0.784. The summed E-state index contributed by atoms with van der Waals surface area (Å²) >= 11 is 0. The topological polar surface area (TPSA) is 21.7 Å². The van der Waals surface area contributed by atoms with E-state index in [1.54, 1.807) is 18.2 Å². The van der Waals surface area contributed by atoms with E-state index in [2.05, 4.69) is 0 Å². The van der Waals surface area contributed by atoms with E-state index in [1.807, 2.05) is 35.2 Å². The standard InChI is InChI=1S/C20H23F2NO2/c1-24-17-11-16(12-18(13-17)25-2)19-20(21,22)9-6-10-23(19)14-15-7-4-3-5-8-15/h3-5,7-8,11-13,19H,6,9-10,14H2,1-2H3. The Morgan fingerprint density at radius 1 is 1.04 bits per heavy atom. The first-order valence-electron chi connectivity index (χ1n) is 8.42. The number of ether oxygens (including phenoxy) is 2. The molecule has 0 amide bonds. The van der Waals surface area contributed by atoms with Crippen molar-refractivity contribution in [2.24, 2.45) is 0 Å². The zero-order valence-electron chi connectivity index (χ0n) is 14.5. The van der Waals surface area contributed by atoms with Gasteiger partial charge in [-0.1, -0.05) is 30.3 Å². The number of nitrogens with zero attached hydrogens (tertiary/aromatic N) is 1. The second-order valence-electron chi connectivity index (χ2n) is 6.37. The molecule has 25 heavy (non-hydrogen) atoms. The van der Waals surface area contributed by atoms with Crippen LogP contribution >= 0.6 is 0 Å². The van der Waals surface area contributed by atoms with Crippen LogP contribution in [-0.2, 0) is 6.54 Å². The Morgan fingerprint density at radius 2 is 1.68 bits per heavy atom. The molecular weight excluding hydrogens is 324 g/mol. The lowest BCUT2D eigenvalue weighted by molar-refractivity contribution is -0.118. The van der Waals surface area contributed by atoms with Crippen LogP contribution < -0.4 is 9.47 Å². The van der Waals surface area contributed by atoms with Gasteiger partial charge >= 0.3 is 0 Å². The van der Waals surface area contributed by atoms with Crippen molar-refractivity contribution in [3.63, 3.8) is 0 Å². The fourth-order valence-electron chi connectivity index (χ4n) is 3.48. The number of halogens is 2. The van der Waals surface area contributed by atoms with Gasteiger partial charge in [-0.2, -0.15) is 0 Å². The van der Waals surface area contributed by atoms with E-state index in [0.29, 0.717) is 36.6 Å². The molecule has 0 spiro atoms. The predicted molar refractivity (Wildman–Crippen MR) is 93.3 cm³/mol. The van der Waals surface area contributed by atoms with E-state index in [4.69, 9.17) is 9.47 Å². The monoisotopic (exact) mass is 347 g/mol. The molecule has 0 aromatic heterocycles. The Bertz CT molecular complexity index is 684. The molecule has 134 valence electrons. The van der Waals surface area contributed by atoms with E-state index < -0.39 is 12.0 Å². The minimum atomic E-state index is -2.80. The van der Waals surface area contributed by atoms with Gasteiger partial charge in [-0.25, -0.2) is 8.78 Å². The molecule has 1 fully saturated rings. The molecule has 3 rings (SSSR count). The summed E-state index contributed by atoms with van der Waals surface area (Å²) in [5.41, 5.74) is 1.55. The van der Waals surface area contributed by atoms with Crippen LogP contribution in [0.5, 0.6) is 11.5 Å². The molecule has 2 aromatic rings. The van der Waals surface area contributed by atoms with Crippen molar-refractivity contribution < 1.29 is 18.3 Å². The van der Waals surface area contributed by atoms with Crippen LogP contribution in [0.2, 0.25) is 0 Å². The average Bonchev–Trinajstić information content (AvgIpc) is 2.61. The smallest absolute Gasteiger partial charge is 0.267 e. The molecular formula is C20H23F2NO2. The Hall–Kier alpha value is -2.14. The molecule has 1 unspecified atom stereocenters. The lowest BCUT2D eigenvalue weighted by Crippen LogP contribution is -2.45. The average molecular weight is 347 g/mol. The molecule has 5 heteroatoms. The Morgan fingerprint density at radius 3 is 2.28 bits per heavy atom. The minimum absolute atomic E-state index is 0.109. The normalized spacial score (nSPS) is 20.2. The van der Waals surface area contributed by atoms with Gasteiger partial charge < -0.3 is 9.47 Å². The third-order valence-corrected chi connectivity index (χ3v) is 4.64. The first kappa shape index (κ1) is 17.7. The predicted octanol–water partition coefficient (Wildman–Crippen LogP) is 4.68. The Balaban J connectivity index is 1.98. The van der Waals surface area contributed by atoms with Crippen molar-refractivity contribution in [2.45, 2.75) is 31.4 Å². The maximum absolute atomic E-state index is 14.9. The zero-order chi connectivity index (χ0) is 17.9. The third-order valence-electron chi connectivity index (χ3n) is 4.64. The van der Waals surface area contributed by atoms with Crippen molar-refractivity contribution >= 4 is 0 Å². The summed E-state index contributed by atoms with van der Waals surface area (Å²) in [5, 5.41) is 0. The van der Waals surface area contributed by atoms with Crippen molar-refractivity contribution in [3.05, 3.63) is 59.7 Å². The summed E-state index contributed by atoms with van der Waals surface area (Å²) in [5.74, 6) is -1.75. The number of hydrogen-bond acceptors (Lipinski definition) is 3. The molecule has 0 N–H and O–H groups in total. The zero-order valence-corrected chi connectivity index (χ0v) is 14.5. The largest absolute Gasteiger partial charge is 0.497 e. The highest BCUT2D eigenvalue weighted by Crippen LogP contribution is 2.45. The fourth-order valence-corrected chi connectivity index (χ4v) is 3.48. The molecule has 1 aliphatic rings. The molecule has 0 radical (unpaired) electrons. The van der Waals surface area contributed by atoms with Gasteiger partial charge in [-0.15, -0.1) is 0 Å². The van der Waals surface area contributed by atoms with Crippen molar-refractivity contribution in [1.29, 1.82) is 0 Å². The van der Waals surface area contributed by atoms with Gasteiger partial charge in [0, 0.05) is 19.0 Å². The van der Waals surface area contributed by atoms with Crippen molar-refractivity contribution in [1.82, 2.24) is 4.90 Å². The number of piperidine rings is 1. The minimum Gasteiger partial charge on any atom is -0.497 e. The van der Waals surface area contributed by atoms with Gasteiger partial charge in [0.25, 0.3) is 5.92 Å². The van der Waals surface area contributed by atoms with E-state index in [9.17, 15) is 8.78 Å². The highest BCUT2D eigenvalue weighted by Gasteiger charge is 2.46. The highest BCUT2D eigenvalue weighted by atomic mass is 19.3. The van der Waals surface area contributed by atoms with E-state index in [1.165, 1.54) is 14.2 Å².